The Balaban J connectivity index is 1.40. The van der Waals surface area contributed by atoms with Crippen molar-refractivity contribution in [1.29, 1.82) is 0 Å². The third-order valence-corrected chi connectivity index (χ3v) is 8.87. The van der Waals surface area contributed by atoms with Crippen molar-refractivity contribution in [2.45, 2.75) is 56.2 Å². The van der Waals surface area contributed by atoms with Crippen LogP contribution in [0.5, 0.6) is 0 Å². The zero-order valence-corrected chi connectivity index (χ0v) is 22.5. The Morgan fingerprint density at radius 1 is 0.895 bits per heavy atom. The average Bonchev–Trinajstić information content (AvgIpc) is 2.95. The molecule has 2 heterocycles. The molecule has 2 N–H and O–H groups in total. The van der Waals surface area contributed by atoms with Crippen LogP contribution in [0, 0.1) is 5.92 Å². The van der Waals surface area contributed by atoms with Gasteiger partial charge in [-0.2, -0.15) is 0 Å². The van der Waals surface area contributed by atoms with Crippen molar-refractivity contribution in [3.8, 4) is 0 Å². The number of ether oxygens (including phenoxy) is 2. The van der Waals surface area contributed by atoms with Crippen LogP contribution in [0.25, 0.3) is 0 Å². The fourth-order valence-electron chi connectivity index (χ4n) is 5.29. The van der Waals surface area contributed by atoms with Crippen molar-refractivity contribution in [1.82, 2.24) is 4.90 Å². The molecule has 0 unspecified atom stereocenters. The summed E-state index contributed by atoms with van der Waals surface area (Å²) in [5, 5.41) is 9.48. The van der Waals surface area contributed by atoms with Crippen molar-refractivity contribution in [2.24, 2.45) is 5.92 Å². The molecule has 3 aromatic rings. The summed E-state index contributed by atoms with van der Waals surface area (Å²) in [5.41, 5.74) is 3.10. The van der Waals surface area contributed by atoms with Gasteiger partial charge in [-0.1, -0.05) is 67.9 Å². The van der Waals surface area contributed by atoms with Gasteiger partial charge < -0.3 is 19.5 Å². The van der Waals surface area contributed by atoms with Crippen LogP contribution in [-0.2, 0) is 26.1 Å². The van der Waals surface area contributed by atoms with E-state index in [1.54, 1.807) is 42.5 Å². The van der Waals surface area contributed by atoms with E-state index in [1.165, 1.54) is 19.3 Å². The average molecular weight is 537 g/mol. The van der Waals surface area contributed by atoms with Crippen LogP contribution in [0.4, 0.5) is 5.69 Å². The van der Waals surface area contributed by atoms with Crippen LogP contribution >= 0.6 is 0 Å². The quantitative estimate of drug-likeness (QED) is 0.409. The maximum atomic E-state index is 12.9. The molecule has 2 fully saturated rings. The third-order valence-electron chi connectivity index (χ3n) is 7.47. The Morgan fingerprint density at radius 2 is 1.63 bits per heavy atom. The van der Waals surface area contributed by atoms with Crippen molar-refractivity contribution in [2.75, 3.05) is 24.4 Å². The van der Waals surface area contributed by atoms with E-state index in [0.29, 0.717) is 5.69 Å². The molecule has 0 aromatic heterocycles. The molecule has 2 aliphatic heterocycles. The number of sulfonamides is 1. The van der Waals surface area contributed by atoms with E-state index in [0.717, 1.165) is 36.3 Å². The fraction of sp³-hybridized carbons (Fsp3) is 0.400. The van der Waals surface area contributed by atoms with Gasteiger partial charge in [0.2, 0.25) is 0 Å². The molecule has 8 heteroatoms. The molecular weight excluding hydrogens is 500 g/mol. The molecule has 0 saturated carbocycles. The molecule has 0 aliphatic carbocycles. The normalized spacial score (nSPS) is 24.7. The first-order chi connectivity index (χ1) is 18.4. The highest BCUT2D eigenvalue weighted by Gasteiger charge is 2.39. The van der Waals surface area contributed by atoms with Crippen LogP contribution < -0.4 is 4.72 Å². The number of nitrogens with zero attached hydrogens (tertiary/aromatic N) is 1. The van der Waals surface area contributed by atoms with Gasteiger partial charge in [-0.15, -0.1) is 0 Å². The lowest BCUT2D eigenvalue weighted by Gasteiger charge is -2.43. The van der Waals surface area contributed by atoms with E-state index >= 15 is 0 Å². The summed E-state index contributed by atoms with van der Waals surface area (Å²) >= 11 is 0. The van der Waals surface area contributed by atoms with E-state index in [9.17, 15) is 13.5 Å². The van der Waals surface area contributed by atoms with Crippen molar-refractivity contribution in [3.05, 3.63) is 95.6 Å². The zero-order valence-electron chi connectivity index (χ0n) is 21.7. The summed E-state index contributed by atoms with van der Waals surface area (Å²) in [6.07, 6.45) is 2.77. The van der Waals surface area contributed by atoms with Gasteiger partial charge in [-0.25, -0.2) is 8.42 Å². The molecule has 0 radical (unpaired) electrons. The van der Waals surface area contributed by atoms with Crippen LogP contribution in [0.1, 0.15) is 55.3 Å². The van der Waals surface area contributed by atoms with Crippen molar-refractivity contribution < 1.29 is 23.0 Å². The number of rotatable bonds is 8. The summed E-state index contributed by atoms with van der Waals surface area (Å²) in [6, 6.07) is 23.4. The molecule has 0 bridgehead atoms. The number of aliphatic hydroxyl groups excluding tert-OH is 1. The van der Waals surface area contributed by atoms with Gasteiger partial charge in [0, 0.05) is 23.7 Å². The number of hydrogen-bond acceptors (Lipinski definition) is 6. The van der Waals surface area contributed by atoms with Gasteiger partial charge in [-0.3, -0.25) is 4.72 Å². The van der Waals surface area contributed by atoms with E-state index < -0.39 is 16.3 Å². The first-order valence-electron chi connectivity index (χ1n) is 13.3. The Kier molecular flexibility index (Phi) is 8.45. The molecule has 5 rings (SSSR count). The van der Waals surface area contributed by atoms with Crippen molar-refractivity contribution in [3.63, 3.8) is 0 Å². The summed E-state index contributed by atoms with van der Waals surface area (Å²) in [4.78, 5) is 2.68. The summed E-state index contributed by atoms with van der Waals surface area (Å²) in [5.74, 6) is 0.105. The monoisotopic (exact) mass is 536 g/mol. The predicted molar refractivity (Wildman–Crippen MR) is 147 cm³/mol. The molecule has 3 aromatic carbocycles. The summed E-state index contributed by atoms with van der Waals surface area (Å²) < 4.78 is 41.6. The smallest absolute Gasteiger partial charge is 0.261 e. The highest BCUT2D eigenvalue weighted by atomic mass is 32.2. The molecule has 38 heavy (non-hydrogen) atoms. The third kappa shape index (κ3) is 6.27. The zero-order chi connectivity index (χ0) is 26.5. The van der Waals surface area contributed by atoms with E-state index in [1.807, 2.05) is 36.4 Å². The van der Waals surface area contributed by atoms with Gasteiger partial charge in [-0.05, 0) is 61.3 Å². The van der Waals surface area contributed by atoms with Gasteiger partial charge in [0.1, 0.15) is 0 Å². The second-order valence-corrected chi connectivity index (χ2v) is 11.9. The molecule has 4 atom stereocenters. The van der Waals surface area contributed by atoms with Gasteiger partial charge in [0.05, 0.1) is 23.7 Å². The minimum Gasteiger partial charge on any atom is -0.392 e. The van der Waals surface area contributed by atoms with Crippen LogP contribution in [0.2, 0.25) is 0 Å². The Bertz CT molecular complexity index is 1290. The number of hydrogen-bond donors (Lipinski definition) is 2. The molecule has 7 nitrogen and oxygen atoms in total. The van der Waals surface area contributed by atoms with E-state index in [-0.39, 0.29) is 29.6 Å². The first-order valence-corrected chi connectivity index (χ1v) is 14.8. The van der Waals surface area contributed by atoms with Gasteiger partial charge in [0.25, 0.3) is 10.0 Å². The number of nitrogens with one attached hydrogen (secondary N) is 1. The highest BCUT2D eigenvalue weighted by molar-refractivity contribution is 7.92. The van der Waals surface area contributed by atoms with Crippen molar-refractivity contribution >= 4 is 15.7 Å². The lowest BCUT2D eigenvalue weighted by Crippen LogP contribution is -2.45. The fourth-order valence-corrected chi connectivity index (χ4v) is 6.36. The molecule has 2 aliphatic rings. The second kappa shape index (κ2) is 12.0. The molecule has 202 valence electrons. The standard InChI is InChI=1S/C30H36N2O5S/c1-22-28(20-32-17-6-3-7-18-32)36-30(37-29(22)24-15-13-23(21-33)14-16-24)25-9-8-10-26(19-25)31-38(34,35)27-11-4-2-5-12-27/h2,4-5,8-16,19,22,28-31,33H,3,6-7,17-18,20-21H2,1H3/t22-,28+,29+,30+/m0/s1. The molecule has 2 saturated heterocycles. The minimum absolute atomic E-state index is 0.00361. The second-order valence-electron chi connectivity index (χ2n) is 10.2. The minimum atomic E-state index is -3.72. The number of aliphatic hydroxyl groups is 1. The lowest BCUT2D eigenvalue weighted by molar-refractivity contribution is -0.276. The van der Waals surface area contributed by atoms with E-state index in [4.69, 9.17) is 9.47 Å². The molecule has 0 spiro atoms. The lowest BCUT2D eigenvalue weighted by atomic mass is 9.89. The molecular formula is C30H36N2O5S. The van der Waals surface area contributed by atoms with Gasteiger partial charge >= 0.3 is 0 Å². The summed E-state index contributed by atoms with van der Waals surface area (Å²) in [7, 11) is -3.72. The Labute approximate surface area is 225 Å². The maximum absolute atomic E-state index is 12.9. The number of piperidine rings is 1. The Morgan fingerprint density at radius 3 is 2.34 bits per heavy atom. The van der Waals surface area contributed by atoms with Crippen LogP contribution in [-0.4, -0.2) is 44.2 Å². The highest BCUT2D eigenvalue weighted by Crippen LogP contribution is 2.42. The molecule has 0 amide bonds. The SMILES string of the molecule is C[C@H]1[C@@H](CN2CCCCC2)O[C@@H](c2cccc(NS(=O)(=O)c3ccccc3)c2)O[C@H]1c1ccc(CO)cc1. The van der Waals surface area contributed by atoms with Crippen LogP contribution in [0.15, 0.2) is 83.8 Å². The maximum Gasteiger partial charge on any atom is 0.261 e. The number of likely N-dealkylation sites (tertiary alicyclic amines) is 1. The predicted octanol–water partition coefficient (Wildman–Crippen LogP) is 5.26. The number of anilines is 1. The summed E-state index contributed by atoms with van der Waals surface area (Å²) in [6.45, 7) is 5.14. The van der Waals surface area contributed by atoms with Gasteiger partial charge in [0.15, 0.2) is 6.29 Å². The Hall–Kier alpha value is -2.75. The topological polar surface area (TPSA) is 88.1 Å². The van der Waals surface area contributed by atoms with E-state index in [2.05, 4.69) is 16.5 Å². The largest absolute Gasteiger partial charge is 0.392 e. The van der Waals surface area contributed by atoms with Crippen LogP contribution in [0.3, 0.4) is 0 Å². The number of benzene rings is 3. The first kappa shape index (κ1) is 26.8.